The van der Waals surface area contributed by atoms with Gasteiger partial charge in [-0.3, -0.25) is 0 Å². The Labute approximate surface area is 113 Å². The van der Waals surface area contributed by atoms with Crippen molar-refractivity contribution < 1.29 is 9.53 Å². The average Bonchev–Trinajstić information content (AvgIpc) is 2.19. The SMILES string of the molecule is C=C(CCl)CC1(C#N)CN(C(=O)OC(C)(C)C)C1. The van der Waals surface area contributed by atoms with E-state index < -0.39 is 11.0 Å². The first-order valence-corrected chi connectivity index (χ1v) is 6.37. The van der Waals surface area contributed by atoms with E-state index in [1.165, 1.54) is 4.90 Å². The summed E-state index contributed by atoms with van der Waals surface area (Å²) in [6.07, 6.45) is 0.164. The normalized spacial score (nSPS) is 17.6. The number of hydrogen-bond donors (Lipinski definition) is 0. The van der Waals surface area contributed by atoms with Gasteiger partial charge in [-0.1, -0.05) is 12.2 Å². The average molecular weight is 271 g/mol. The van der Waals surface area contributed by atoms with Crippen LogP contribution >= 0.6 is 11.6 Å². The molecule has 1 aliphatic heterocycles. The summed E-state index contributed by atoms with van der Waals surface area (Å²) in [6, 6.07) is 2.26. The van der Waals surface area contributed by atoms with Gasteiger partial charge in [0.15, 0.2) is 0 Å². The fourth-order valence-corrected chi connectivity index (χ4v) is 1.98. The molecule has 0 aliphatic carbocycles. The van der Waals surface area contributed by atoms with Crippen molar-refractivity contribution in [1.82, 2.24) is 4.90 Å². The highest BCUT2D eigenvalue weighted by atomic mass is 35.5. The maximum atomic E-state index is 11.7. The molecule has 0 N–H and O–H groups in total. The molecule has 18 heavy (non-hydrogen) atoms. The monoisotopic (exact) mass is 270 g/mol. The molecule has 100 valence electrons. The fraction of sp³-hybridized carbons (Fsp3) is 0.692. The van der Waals surface area contributed by atoms with Gasteiger partial charge in [0.05, 0.1) is 11.5 Å². The molecular weight excluding hydrogens is 252 g/mol. The lowest BCUT2D eigenvalue weighted by Gasteiger charge is -2.45. The molecule has 1 amide bonds. The number of alkyl halides is 1. The Balaban J connectivity index is 2.53. The van der Waals surface area contributed by atoms with Gasteiger partial charge in [0.25, 0.3) is 0 Å². The van der Waals surface area contributed by atoms with E-state index in [0.29, 0.717) is 25.4 Å². The van der Waals surface area contributed by atoms with Crippen LogP contribution in [-0.4, -0.2) is 35.6 Å². The molecule has 1 aliphatic rings. The Morgan fingerprint density at radius 2 is 2.11 bits per heavy atom. The zero-order valence-electron chi connectivity index (χ0n) is 11.1. The molecular formula is C13H19ClN2O2. The van der Waals surface area contributed by atoms with Crippen molar-refractivity contribution in [1.29, 1.82) is 5.26 Å². The maximum Gasteiger partial charge on any atom is 0.410 e. The van der Waals surface area contributed by atoms with Crippen molar-refractivity contribution >= 4 is 17.7 Å². The van der Waals surface area contributed by atoms with Crippen LogP contribution < -0.4 is 0 Å². The molecule has 0 spiro atoms. The molecule has 0 atom stereocenters. The largest absolute Gasteiger partial charge is 0.444 e. The van der Waals surface area contributed by atoms with Gasteiger partial charge in [-0.25, -0.2) is 4.79 Å². The predicted octanol–water partition coefficient (Wildman–Crippen LogP) is 2.93. The number of ether oxygens (including phenoxy) is 1. The van der Waals surface area contributed by atoms with Gasteiger partial charge in [0, 0.05) is 19.0 Å². The van der Waals surface area contributed by atoms with Crippen molar-refractivity contribution in [2.75, 3.05) is 19.0 Å². The summed E-state index contributed by atoms with van der Waals surface area (Å²) in [7, 11) is 0. The molecule has 0 radical (unpaired) electrons. The Morgan fingerprint density at radius 1 is 1.56 bits per heavy atom. The molecule has 0 saturated carbocycles. The Morgan fingerprint density at radius 3 is 2.50 bits per heavy atom. The minimum atomic E-state index is -0.539. The molecule has 1 fully saturated rings. The Kier molecular flexibility index (Phi) is 4.28. The standard InChI is InChI=1S/C13H19ClN2O2/c1-10(6-14)5-13(7-15)8-16(9-13)11(17)18-12(2,3)4/h1,5-6,8-9H2,2-4H3. The number of carbonyl (C=O) groups is 1. The molecule has 5 heteroatoms. The minimum Gasteiger partial charge on any atom is -0.444 e. The van der Waals surface area contributed by atoms with Gasteiger partial charge >= 0.3 is 6.09 Å². The van der Waals surface area contributed by atoms with E-state index in [4.69, 9.17) is 16.3 Å². The van der Waals surface area contributed by atoms with Crippen LogP contribution in [-0.2, 0) is 4.74 Å². The van der Waals surface area contributed by atoms with E-state index in [1.807, 2.05) is 20.8 Å². The van der Waals surface area contributed by atoms with Gasteiger partial charge in [0.1, 0.15) is 5.60 Å². The van der Waals surface area contributed by atoms with Crippen LogP contribution in [0.1, 0.15) is 27.2 Å². The molecule has 1 heterocycles. The highest BCUT2D eigenvalue weighted by Gasteiger charge is 2.47. The number of allylic oxidation sites excluding steroid dienone is 1. The zero-order chi connectivity index (χ0) is 14.0. The summed E-state index contributed by atoms with van der Waals surface area (Å²) in [6.45, 7) is 10.0. The second kappa shape index (κ2) is 5.19. The molecule has 0 aromatic rings. The highest BCUT2D eigenvalue weighted by molar-refractivity contribution is 6.19. The third kappa shape index (κ3) is 3.64. The van der Waals surface area contributed by atoms with Crippen LogP contribution in [0.5, 0.6) is 0 Å². The number of hydrogen-bond acceptors (Lipinski definition) is 3. The second-order valence-corrected chi connectivity index (χ2v) is 6.06. The van der Waals surface area contributed by atoms with Crippen LogP contribution in [0, 0.1) is 16.7 Å². The zero-order valence-corrected chi connectivity index (χ0v) is 11.9. The highest BCUT2D eigenvalue weighted by Crippen LogP contribution is 2.36. The lowest BCUT2D eigenvalue weighted by atomic mass is 9.76. The first kappa shape index (κ1) is 14.8. The van der Waals surface area contributed by atoms with Crippen LogP contribution in [0.25, 0.3) is 0 Å². The topological polar surface area (TPSA) is 53.3 Å². The maximum absolute atomic E-state index is 11.7. The first-order chi connectivity index (χ1) is 8.21. The van der Waals surface area contributed by atoms with Crippen molar-refractivity contribution in [2.24, 2.45) is 5.41 Å². The van der Waals surface area contributed by atoms with E-state index in [1.54, 1.807) is 0 Å². The van der Waals surface area contributed by atoms with E-state index >= 15 is 0 Å². The van der Waals surface area contributed by atoms with Gasteiger partial charge in [0.2, 0.25) is 0 Å². The van der Waals surface area contributed by atoms with Crippen LogP contribution in [0.3, 0.4) is 0 Å². The molecule has 1 rings (SSSR count). The summed E-state index contributed by atoms with van der Waals surface area (Å²) in [4.78, 5) is 13.3. The van der Waals surface area contributed by atoms with Gasteiger partial charge < -0.3 is 9.64 Å². The molecule has 0 unspecified atom stereocenters. The second-order valence-electron chi connectivity index (χ2n) is 5.79. The summed E-state index contributed by atoms with van der Waals surface area (Å²) in [5.74, 6) is 0.343. The van der Waals surface area contributed by atoms with Crippen molar-refractivity contribution in [3.63, 3.8) is 0 Å². The van der Waals surface area contributed by atoms with E-state index in [2.05, 4.69) is 12.6 Å². The fourth-order valence-electron chi connectivity index (χ4n) is 1.89. The van der Waals surface area contributed by atoms with Crippen LogP contribution in [0.2, 0.25) is 0 Å². The first-order valence-electron chi connectivity index (χ1n) is 5.83. The van der Waals surface area contributed by atoms with Gasteiger partial charge in [-0.15, -0.1) is 11.6 Å². The van der Waals surface area contributed by atoms with Gasteiger partial charge in [-0.2, -0.15) is 5.26 Å². The van der Waals surface area contributed by atoms with Crippen molar-refractivity contribution in [3.8, 4) is 6.07 Å². The molecule has 1 saturated heterocycles. The third-order valence-electron chi connectivity index (χ3n) is 2.65. The predicted molar refractivity (Wildman–Crippen MR) is 70.3 cm³/mol. The summed E-state index contributed by atoms with van der Waals surface area (Å²) >= 11 is 5.67. The van der Waals surface area contributed by atoms with Crippen LogP contribution in [0.4, 0.5) is 4.79 Å². The summed E-state index contributed by atoms with van der Waals surface area (Å²) < 4.78 is 5.24. The number of amides is 1. The number of nitrogens with zero attached hydrogens (tertiary/aromatic N) is 2. The molecule has 0 bridgehead atoms. The molecule has 4 nitrogen and oxygen atoms in total. The van der Waals surface area contributed by atoms with E-state index in [-0.39, 0.29) is 6.09 Å². The smallest absolute Gasteiger partial charge is 0.410 e. The van der Waals surface area contributed by atoms with Gasteiger partial charge in [-0.05, 0) is 27.2 Å². The van der Waals surface area contributed by atoms with E-state index in [9.17, 15) is 10.1 Å². The number of likely N-dealkylation sites (tertiary alicyclic amines) is 1. The summed E-state index contributed by atoms with van der Waals surface area (Å²) in [5.41, 5.74) is -0.230. The number of carbonyl (C=O) groups excluding carboxylic acids is 1. The summed E-state index contributed by atoms with van der Waals surface area (Å²) in [5, 5.41) is 9.20. The van der Waals surface area contributed by atoms with Crippen LogP contribution in [0.15, 0.2) is 12.2 Å². The lowest BCUT2D eigenvalue weighted by molar-refractivity contribution is -0.0161. The molecule has 0 aromatic heterocycles. The Bertz CT molecular complexity index is 387. The van der Waals surface area contributed by atoms with E-state index in [0.717, 1.165) is 5.57 Å². The quantitative estimate of drug-likeness (QED) is 0.585. The number of nitriles is 1. The van der Waals surface area contributed by atoms with Crippen molar-refractivity contribution in [3.05, 3.63) is 12.2 Å². The Hall–Kier alpha value is -1.21. The van der Waals surface area contributed by atoms with Crippen molar-refractivity contribution in [2.45, 2.75) is 32.8 Å². The molecule has 0 aromatic carbocycles. The minimum absolute atomic E-state index is 0.343. The third-order valence-corrected chi connectivity index (χ3v) is 3.03. The number of halogens is 1. The number of rotatable bonds is 3. The lowest BCUT2D eigenvalue weighted by Crippen LogP contribution is -2.58.